The van der Waals surface area contributed by atoms with E-state index in [0.717, 1.165) is 12.3 Å². The molecule has 1 rings (SSSR count). The fourth-order valence-electron chi connectivity index (χ4n) is 1.30. The van der Waals surface area contributed by atoms with E-state index in [0.29, 0.717) is 4.90 Å². The Hall–Kier alpha value is -2.30. The highest BCUT2D eigenvalue weighted by Crippen LogP contribution is 2.22. The molecule has 0 saturated heterocycles. The second kappa shape index (κ2) is 5.35. The summed E-state index contributed by atoms with van der Waals surface area (Å²) in [5, 5.41) is 17.2. The molecule has 0 amide bonds. The fourth-order valence-corrected chi connectivity index (χ4v) is 1.30. The maximum absolute atomic E-state index is 12.3. The Balaban J connectivity index is 3.01. The highest BCUT2D eigenvalue weighted by molar-refractivity contribution is 5.73. The molecule has 96 valence electrons. The number of nitriles is 1. The van der Waals surface area contributed by atoms with Gasteiger partial charge in [-0.15, -0.1) is 0 Å². The molecule has 0 bridgehead atoms. The summed E-state index contributed by atoms with van der Waals surface area (Å²) in [4.78, 5) is 14.7. The quantitative estimate of drug-likeness (QED) is 0.884. The topological polar surface area (TPSA) is 77.2 Å². The van der Waals surface area contributed by atoms with Crippen molar-refractivity contribution in [3.05, 3.63) is 24.0 Å². The molecule has 18 heavy (non-hydrogen) atoms. The molecule has 0 aliphatic heterocycles. The SMILES string of the molecule is N#Cc1cc(N(CC(=O)O)CC(F)(F)F)ccn1. The Morgan fingerprint density at radius 2 is 2.22 bits per heavy atom. The van der Waals surface area contributed by atoms with E-state index in [4.69, 9.17) is 10.4 Å². The second-order valence-electron chi connectivity index (χ2n) is 3.38. The Morgan fingerprint density at radius 1 is 1.56 bits per heavy atom. The van der Waals surface area contributed by atoms with Crippen LogP contribution in [0.15, 0.2) is 18.3 Å². The summed E-state index contributed by atoms with van der Waals surface area (Å²) in [7, 11) is 0. The summed E-state index contributed by atoms with van der Waals surface area (Å²) in [5.74, 6) is -1.39. The van der Waals surface area contributed by atoms with Crippen LogP contribution < -0.4 is 4.90 Å². The van der Waals surface area contributed by atoms with Crippen molar-refractivity contribution in [2.75, 3.05) is 18.0 Å². The summed E-state index contributed by atoms with van der Waals surface area (Å²) in [6.07, 6.45) is -3.38. The van der Waals surface area contributed by atoms with Crippen LogP contribution in [0.2, 0.25) is 0 Å². The van der Waals surface area contributed by atoms with Gasteiger partial charge in [-0.3, -0.25) is 4.79 Å². The minimum Gasteiger partial charge on any atom is -0.480 e. The largest absolute Gasteiger partial charge is 0.480 e. The van der Waals surface area contributed by atoms with Crippen molar-refractivity contribution in [1.82, 2.24) is 4.98 Å². The summed E-state index contributed by atoms with van der Waals surface area (Å²) >= 11 is 0. The third-order valence-corrected chi connectivity index (χ3v) is 1.92. The number of rotatable bonds is 4. The second-order valence-corrected chi connectivity index (χ2v) is 3.38. The molecule has 0 aliphatic rings. The van der Waals surface area contributed by atoms with Gasteiger partial charge in [-0.1, -0.05) is 0 Å². The smallest absolute Gasteiger partial charge is 0.405 e. The normalized spacial score (nSPS) is 10.8. The van der Waals surface area contributed by atoms with Gasteiger partial charge in [0.2, 0.25) is 0 Å². The lowest BCUT2D eigenvalue weighted by Crippen LogP contribution is -2.38. The number of aliphatic carboxylic acids is 1. The highest BCUT2D eigenvalue weighted by atomic mass is 19.4. The molecule has 0 atom stereocenters. The van der Waals surface area contributed by atoms with Crippen LogP contribution in [0.3, 0.4) is 0 Å². The van der Waals surface area contributed by atoms with Crippen LogP contribution >= 0.6 is 0 Å². The first kappa shape index (κ1) is 13.8. The van der Waals surface area contributed by atoms with Crippen molar-refractivity contribution in [3.8, 4) is 6.07 Å². The fraction of sp³-hybridized carbons (Fsp3) is 0.300. The predicted octanol–water partition coefficient (Wildman–Crippen LogP) is 1.41. The number of nitrogens with zero attached hydrogens (tertiary/aromatic N) is 3. The van der Waals surface area contributed by atoms with Gasteiger partial charge < -0.3 is 10.0 Å². The first-order valence-electron chi connectivity index (χ1n) is 4.71. The number of alkyl halides is 3. The Bertz CT molecular complexity index is 482. The molecule has 1 aromatic rings. The van der Waals surface area contributed by atoms with E-state index >= 15 is 0 Å². The Kier molecular flexibility index (Phi) is 4.09. The number of carboxylic acid groups (broad SMARTS) is 1. The molecule has 0 aliphatic carbocycles. The molecule has 0 spiro atoms. The summed E-state index contributed by atoms with van der Waals surface area (Å²) < 4.78 is 36.9. The number of hydrogen-bond acceptors (Lipinski definition) is 4. The van der Waals surface area contributed by atoms with E-state index < -0.39 is 25.2 Å². The van der Waals surface area contributed by atoms with Gasteiger partial charge in [0.15, 0.2) is 0 Å². The van der Waals surface area contributed by atoms with Gasteiger partial charge in [-0.25, -0.2) is 4.98 Å². The number of aromatic nitrogens is 1. The van der Waals surface area contributed by atoms with Gasteiger partial charge in [0.25, 0.3) is 0 Å². The number of halogens is 3. The summed E-state index contributed by atoms with van der Waals surface area (Å²) in [6, 6.07) is 4.00. The van der Waals surface area contributed by atoms with Gasteiger partial charge in [-0.05, 0) is 12.1 Å². The number of anilines is 1. The zero-order valence-electron chi connectivity index (χ0n) is 8.98. The van der Waals surface area contributed by atoms with Crippen LogP contribution in [0.25, 0.3) is 0 Å². The molecule has 0 aromatic carbocycles. The van der Waals surface area contributed by atoms with E-state index in [-0.39, 0.29) is 11.4 Å². The Labute approximate surface area is 100 Å². The molecule has 0 fully saturated rings. The minimum absolute atomic E-state index is 0.0127. The Morgan fingerprint density at radius 3 is 2.72 bits per heavy atom. The third-order valence-electron chi connectivity index (χ3n) is 1.92. The molecule has 1 aromatic heterocycles. The highest BCUT2D eigenvalue weighted by Gasteiger charge is 2.31. The standard InChI is InChI=1S/C10H8F3N3O2/c11-10(12,13)6-16(5-9(17)18)8-1-2-15-7(3-8)4-14/h1-3H,5-6H2,(H,17,18). The average molecular weight is 259 g/mol. The number of carboxylic acids is 1. The molecule has 5 nitrogen and oxygen atoms in total. The third kappa shape index (κ3) is 4.29. The van der Waals surface area contributed by atoms with Crippen molar-refractivity contribution >= 4 is 11.7 Å². The molecular weight excluding hydrogens is 251 g/mol. The number of carbonyl (C=O) groups is 1. The van der Waals surface area contributed by atoms with Crippen LogP contribution in [0.4, 0.5) is 18.9 Å². The van der Waals surface area contributed by atoms with Crippen molar-refractivity contribution in [2.24, 2.45) is 0 Å². The zero-order chi connectivity index (χ0) is 13.8. The van der Waals surface area contributed by atoms with E-state index in [1.807, 2.05) is 0 Å². The van der Waals surface area contributed by atoms with Crippen LogP contribution in [0, 0.1) is 11.3 Å². The predicted molar refractivity (Wildman–Crippen MR) is 54.9 cm³/mol. The molecule has 8 heteroatoms. The van der Waals surface area contributed by atoms with Gasteiger partial charge in [-0.2, -0.15) is 18.4 Å². The molecule has 0 unspecified atom stereocenters. The van der Waals surface area contributed by atoms with Crippen LogP contribution in [0.1, 0.15) is 5.69 Å². The molecule has 0 radical (unpaired) electrons. The van der Waals surface area contributed by atoms with E-state index in [1.165, 1.54) is 6.07 Å². The van der Waals surface area contributed by atoms with E-state index in [2.05, 4.69) is 4.98 Å². The van der Waals surface area contributed by atoms with Gasteiger partial charge >= 0.3 is 12.1 Å². The first-order chi connectivity index (χ1) is 8.31. The van der Waals surface area contributed by atoms with Crippen LogP contribution in [0.5, 0.6) is 0 Å². The lowest BCUT2D eigenvalue weighted by atomic mass is 10.3. The van der Waals surface area contributed by atoms with Crippen LogP contribution in [-0.4, -0.2) is 35.3 Å². The summed E-state index contributed by atoms with van der Waals surface area (Å²) in [5.41, 5.74) is -0.0914. The van der Waals surface area contributed by atoms with E-state index in [1.54, 1.807) is 6.07 Å². The molecule has 1 heterocycles. The van der Waals surface area contributed by atoms with Crippen molar-refractivity contribution in [2.45, 2.75) is 6.18 Å². The lowest BCUT2D eigenvalue weighted by Gasteiger charge is -2.23. The van der Waals surface area contributed by atoms with Gasteiger partial charge in [0.1, 0.15) is 24.9 Å². The maximum Gasteiger partial charge on any atom is 0.405 e. The number of hydrogen-bond donors (Lipinski definition) is 1. The molecule has 1 N–H and O–H groups in total. The van der Waals surface area contributed by atoms with Crippen molar-refractivity contribution in [3.63, 3.8) is 0 Å². The number of pyridine rings is 1. The monoisotopic (exact) mass is 259 g/mol. The van der Waals surface area contributed by atoms with Crippen LogP contribution in [-0.2, 0) is 4.79 Å². The maximum atomic E-state index is 12.3. The van der Waals surface area contributed by atoms with E-state index in [9.17, 15) is 18.0 Å². The summed E-state index contributed by atoms with van der Waals surface area (Å²) in [6.45, 7) is -2.22. The van der Waals surface area contributed by atoms with Crippen molar-refractivity contribution < 1.29 is 23.1 Å². The zero-order valence-corrected chi connectivity index (χ0v) is 8.98. The molecular formula is C10H8F3N3O2. The first-order valence-corrected chi connectivity index (χ1v) is 4.71. The van der Waals surface area contributed by atoms with Crippen molar-refractivity contribution in [1.29, 1.82) is 5.26 Å². The average Bonchev–Trinajstić information content (AvgIpc) is 2.26. The lowest BCUT2D eigenvalue weighted by molar-refractivity contribution is -0.136. The molecule has 0 saturated carbocycles. The van der Waals surface area contributed by atoms with Gasteiger partial charge in [0, 0.05) is 11.9 Å². The minimum atomic E-state index is -4.54. The van der Waals surface area contributed by atoms with Gasteiger partial charge in [0.05, 0.1) is 0 Å².